The molecule has 2 aliphatic heterocycles. The van der Waals surface area contributed by atoms with E-state index in [0.717, 1.165) is 22.2 Å². The van der Waals surface area contributed by atoms with Crippen LogP contribution in [0.4, 0.5) is 5.13 Å². The van der Waals surface area contributed by atoms with Crippen molar-refractivity contribution < 1.29 is 9.59 Å². The van der Waals surface area contributed by atoms with Crippen LogP contribution >= 0.6 is 11.3 Å². The molecule has 1 spiro atoms. The Morgan fingerprint density at radius 1 is 1.18 bits per heavy atom. The average Bonchev–Trinajstić information content (AvgIpc) is 3.20. The van der Waals surface area contributed by atoms with E-state index in [2.05, 4.69) is 20.4 Å². The lowest BCUT2D eigenvalue weighted by Crippen LogP contribution is -2.34. The molecule has 0 radical (unpaired) electrons. The highest BCUT2D eigenvalue weighted by atomic mass is 32.1. The van der Waals surface area contributed by atoms with E-state index >= 15 is 0 Å². The van der Waals surface area contributed by atoms with Crippen LogP contribution in [-0.2, 0) is 9.59 Å². The van der Waals surface area contributed by atoms with Gasteiger partial charge in [-0.3, -0.25) is 14.9 Å². The van der Waals surface area contributed by atoms with Gasteiger partial charge < -0.3 is 4.90 Å². The third kappa shape index (κ3) is 2.09. The van der Waals surface area contributed by atoms with E-state index in [4.69, 9.17) is 0 Å². The first kappa shape index (κ1) is 13.4. The maximum atomic E-state index is 12.0. The second kappa shape index (κ2) is 4.88. The van der Waals surface area contributed by atoms with Gasteiger partial charge in [0.05, 0.1) is 5.41 Å². The molecule has 1 N–H and O–H groups in total. The summed E-state index contributed by atoms with van der Waals surface area (Å²) in [7, 11) is 0. The van der Waals surface area contributed by atoms with Crippen molar-refractivity contribution in [3.8, 4) is 10.6 Å². The second-order valence-corrected chi connectivity index (χ2v) is 6.72. The molecule has 22 heavy (non-hydrogen) atoms. The maximum absolute atomic E-state index is 12.0. The number of carbonyl (C=O) groups excluding carboxylic acids is 2. The van der Waals surface area contributed by atoms with Crippen LogP contribution in [0.15, 0.2) is 30.3 Å². The fourth-order valence-corrected chi connectivity index (χ4v) is 3.97. The third-order valence-corrected chi connectivity index (χ3v) is 5.33. The Labute approximate surface area is 131 Å². The number of nitrogens with one attached hydrogen (secondary N) is 1. The number of aromatic nitrogens is 2. The molecule has 2 fully saturated rings. The van der Waals surface area contributed by atoms with Gasteiger partial charge in [0.25, 0.3) is 0 Å². The summed E-state index contributed by atoms with van der Waals surface area (Å²) in [6.45, 7) is 1.26. The van der Waals surface area contributed by atoms with Crippen molar-refractivity contribution in [3.05, 3.63) is 30.3 Å². The van der Waals surface area contributed by atoms with Gasteiger partial charge in [-0.25, -0.2) is 0 Å². The zero-order valence-corrected chi connectivity index (χ0v) is 12.6. The van der Waals surface area contributed by atoms with E-state index < -0.39 is 5.41 Å². The minimum Gasteiger partial charge on any atom is -0.346 e. The van der Waals surface area contributed by atoms with Crippen molar-refractivity contribution in [1.82, 2.24) is 15.5 Å². The van der Waals surface area contributed by atoms with E-state index in [1.54, 1.807) is 0 Å². The fraction of sp³-hybridized carbons (Fsp3) is 0.333. The summed E-state index contributed by atoms with van der Waals surface area (Å²) >= 11 is 1.51. The van der Waals surface area contributed by atoms with Crippen LogP contribution in [-0.4, -0.2) is 35.1 Å². The molecule has 0 unspecified atom stereocenters. The Morgan fingerprint density at radius 2 is 2.00 bits per heavy atom. The van der Waals surface area contributed by atoms with Crippen molar-refractivity contribution in [2.45, 2.75) is 12.8 Å². The normalized spacial score (nSPS) is 24.3. The van der Waals surface area contributed by atoms with Gasteiger partial charge in [0, 0.05) is 25.1 Å². The number of anilines is 1. The molecular weight excluding hydrogens is 300 g/mol. The Bertz CT molecular complexity index is 745. The number of carbonyl (C=O) groups is 2. The average molecular weight is 314 g/mol. The molecule has 3 heterocycles. The molecule has 2 aromatic rings. The van der Waals surface area contributed by atoms with Crippen molar-refractivity contribution in [1.29, 1.82) is 0 Å². The monoisotopic (exact) mass is 314 g/mol. The Kier molecular flexibility index (Phi) is 2.97. The van der Waals surface area contributed by atoms with Crippen molar-refractivity contribution in [2.24, 2.45) is 5.41 Å². The Hall–Kier alpha value is -2.28. The fourth-order valence-electron chi connectivity index (χ4n) is 3.10. The summed E-state index contributed by atoms with van der Waals surface area (Å²) in [5.41, 5.74) is 0.462. The van der Waals surface area contributed by atoms with Gasteiger partial charge in [0.2, 0.25) is 16.9 Å². The van der Waals surface area contributed by atoms with Crippen LogP contribution < -0.4 is 10.2 Å². The highest BCUT2D eigenvalue weighted by Crippen LogP contribution is 2.40. The molecule has 0 bridgehead atoms. The number of imide groups is 1. The lowest BCUT2D eigenvalue weighted by molar-refractivity contribution is -0.127. The van der Waals surface area contributed by atoms with Gasteiger partial charge >= 0.3 is 0 Å². The molecule has 2 aliphatic rings. The number of rotatable bonds is 2. The van der Waals surface area contributed by atoms with Crippen molar-refractivity contribution in [2.75, 3.05) is 18.0 Å². The molecule has 1 atom stereocenters. The summed E-state index contributed by atoms with van der Waals surface area (Å²) in [5, 5.41) is 12.6. The van der Waals surface area contributed by atoms with E-state index in [0.29, 0.717) is 13.0 Å². The predicted molar refractivity (Wildman–Crippen MR) is 82.4 cm³/mol. The van der Waals surface area contributed by atoms with Crippen LogP contribution in [0, 0.1) is 5.41 Å². The van der Waals surface area contributed by atoms with Crippen LogP contribution in [0.1, 0.15) is 12.8 Å². The first-order valence-electron chi connectivity index (χ1n) is 7.14. The largest absolute Gasteiger partial charge is 0.346 e. The summed E-state index contributed by atoms with van der Waals surface area (Å²) in [4.78, 5) is 25.6. The molecule has 1 aromatic carbocycles. The van der Waals surface area contributed by atoms with Gasteiger partial charge in [-0.1, -0.05) is 41.7 Å². The van der Waals surface area contributed by atoms with Crippen LogP contribution in [0.2, 0.25) is 0 Å². The second-order valence-electron chi connectivity index (χ2n) is 5.76. The number of hydrogen-bond acceptors (Lipinski definition) is 6. The predicted octanol–water partition coefficient (Wildman–Crippen LogP) is 1.45. The molecule has 2 saturated heterocycles. The topological polar surface area (TPSA) is 75.2 Å². The lowest BCUT2D eigenvalue weighted by Gasteiger charge is -2.19. The first-order chi connectivity index (χ1) is 10.7. The lowest BCUT2D eigenvalue weighted by atomic mass is 9.85. The zero-order chi connectivity index (χ0) is 15.2. The van der Waals surface area contributed by atoms with E-state index in [1.165, 1.54) is 11.3 Å². The number of nitrogens with zero attached hydrogens (tertiary/aromatic N) is 3. The van der Waals surface area contributed by atoms with Crippen LogP contribution in [0.3, 0.4) is 0 Å². The summed E-state index contributed by atoms with van der Waals surface area (Å²) < 4.78 is 0. The van der Waals surface area contributed by atoms with Gasteiger partial charge in [0.15, 0.2) is 0 Å². The van der Waals surface area contributed by atoms with Crippen LogP contribution in [0.25, 0.3) is 10.6 Å². The Morgan fingerprint density at radius 3 is 2.73 bits per heavy atom. The van der Waals surface area contributed by atoms with Crippen molar-refractivity contribution >= 4 is 28.3 Å². The number of benzene rings is 1. The van der Waals surface area contributed by atoms with Gasteiger partial charge in [-0.05, 0) is 6.42 Å². The SMILES string of the molecule is O=C1C[C@@]2(CCN(c3nnc(-c4ccccc4)s3)C2)C(=O)N1. The Balaban J connectivity index is 1.56. The molecular formula is C15H14N4O2S. The molecule has 2 amide bonds. The summed E-state index contributed by atoms with van der Waals surface area (Å²) in [5.74, 6) is -0.318. The van der Waals surface area contributed by atoms with Gasteiger partial charge in [-0.2, -0.15) is 0 Å². The zero-order valence-electron chi connectivity index (χ0n) is 11.8. The van der Waals surface area contributed by atoms with Gasteiger partial charge in [0.1, 0.15) is 5.01 Å². The van der Waals surface area contributed by atoms with Crippen molar-refractivity contribution in [3.63, 3.8) is 0 Å². The highest BCUT2D eigenvalue weighted by molar-refractivity contribution is 7.18. The standard InChI is InChI=1S/C15H14N4O2S/c20-11-8-15(13(21)16-11)6-7-19(9-15)14-18-17-12(22-14)10-4-2-1-3-5-10/h1-5H,6-9H2,(H,16,20,21)/t15-/m1/s1. The van der Waals surface area contributed by atoms with Gasteiger partial charge in [-0.15, -0.1) is 10.2 Å². The molecule has 6 nitrogen and oxygen atoms in total. The minimum atomic E-state index is -0.574. The van der Waals surface area contributed by atoms with E-state index in [1.807, 2.05) is 30.3 Å². The maximum Gasteiger partial charge on any atom is 0.235 e. The van der Waals surface area contributed by atoms with Crippen LogP contribution in [0.5, 0.6) is 0 Å². The summed E-state index contributed by atoms with van der Waals surface area (Å²) in [6.07, 6.45) is 0.970. The molecule has 0 saturated carbocycles. The number of amides is 2. The molecule has 7 heteroatoms. The smallest absolute Gasteiger partial charge is 0.235 e. The molecule has 4 rings (SSSR count). The summed E-state index contributed by atoms with van der Waals surface area (Å²) in [6, 6.07) is 9.90. The number of hydrogen-bond donors (Lipinski definition) is 1. The van der Waals surface area contributed by atoms with E-state index in [-0.39, 0.29) is 18.2 Å². The molecule has 0 aliphatic carbocycles. The third-order valence-electron chi connectivity index (χ3n) is 4.29. The quantitative estimate of drug-likeness (QED) is 0.849. The highest BCUT2D eigenvalue weighted by Gasteiger charge is 2.51. The molecule has 1 aromatic heterocycles. The molecule has 112 valence electrons. The first-order valence-corrected chi connectivity index (χ1v) is 7.96. The van der Waals surface area contributed by atoms with E-state index in [9.17, 15) is 9.59 Å². The minimum absolute atomic E-state index is 0.146.